The summed E-state index contributed by atoms with van der Waals surface area (Å²) in [5.41, 5.74) is 0.413. The molecule has 0 saturated carbocycles. The molecule has 0 aliphatic rings. The van der Waals surface area contributed by atoms with Gasteiger partial charge in [-0.05, 0) is 54.3 Å². The summed E-state index contributed by atoms with van der Waals surface area (Å²) in [7, 11) is 0. The molecule has 0 aromatic heterocycles. The monoisotopic (exact) mass is 278 g/mol. The largest absolute Gasteiger partial charge is 0.350 e. The lowest BCUT2D eigenvalue weighted by molar-refractivity contribution is 0.0942. The highest BCUT2D eigenvalue weighted by atomic mass is 16.3. The Morgan fingerprint density at radius 1 is 0.952 bits per heavy atom. The first-order chi connectivity index (χ1) is 10.0. The minimum Gasteiger partial charge on any atom is -0.350 e. The predicted octanol–water partition coefficient (Wildman–Crippen LogP) is 4.28. The van der Waals surface area contributed by atoms with Crippen molar-refractivity contribution in [3.8, 4) is 5.75 Å². The van der Waals surface area contributed by atoms with Gasteiger partial charge in [-0.1, -0.05) is 24.3 Å². The van der Waals surface area contributed by atoms with Crippen molar-refractivity contribution in [1.82, 2.24) is 5.32 Å². The normalized spacial score (nSPS) is 11.2. The molecule has 3 nitrogen and oxygen atoms in total. The average molecular weight is 278 g/mol. The molecule has 1 N–H and O–H groups in total. The lowest BCUT2D eigenvalue weighted by Gasteiger charge is -2.10. The fourth-order valence-corrected chi connectivity index (χ4v) is 2.50. The van der Waals surface area contributed by atoms with Crippen LogP contribution >= 0.6 is 0 Å². The second kappa shape index (κ2) is 5.09. The third kappa shape index (κ3) is 2.55. The van der Waals surface area contributed by atoms with Crippen LogP contribution in [0.1, 0.15) is 24.2 Å². The summed E-state index contributed by atoms with van der Waals surface area (Å²) in [4.78, 5) is 12.1. The molecule has 1 radical (unpaired) electrons. The van der Waals surface area contributed by atoms with Gasteiger partial charge >= 0.3 is 0 Å². The van der Waals surface area contributed by atoms with Crippen LogP contribution in [-0.2, 0) is 5.11 Å². The molecule has 0 aliphatic heterocycles. The molecule has 0 spiro atoms. The fourth-order valence-electron chi connectivity index (χ4n) is 2.50. The summed E-state index contributed by atoms with van der Waals surface area (Å²) in [5, 5.41) is 18.6. The van der Waals surface area contributed by atoms with E-state index >= 15 is 0 Å². The SMILES string of the molecule is CC(C)NC(=O)c1cc([O])c2cc3ccccc3cc2c1. The molecule has 21 heavy (non-hydrogen) atoms. The minimum absolute atomic E-state index is 0.0416. The van der Waals surface area contributed by atoms with Crippen LogP contribution in [0.2, 0.25) is 0 Å². The van der Waals surface area contributed by atoms with Crippen molar-refractivity contribution in [2.45, 2.75) is 19.9 Å². The fraction of sp³-hybridized carbons (Fsp3) is 0.167. The highest BCUT2D eigenvalue weighted by Crippen LogP contribution is 2.31. The van der Waals surface area contributed by atoms with Crippen LogP contribution in [0, 0.1) is 0 Å². The third-order valence-corrected chi connectivity index (χ3v) is 3.46. The Bertz CT molecular complexity index is 837. The maximum absolute atomic E-state index is 12.3. The zero-order valence-corrected chi connectivity index (χ0v) is 12.0. The van der Waals surface area contributed by atoms with Crippen LogP contribution < -0.4 is 5.32 Å². The smallest absolute Gasteiger partial charge is 0.251 e. The van der Waals surface area contributed by atoms with Crippen LogP contribution in [0.4, 0.5) is 0 Å². The van der Waals surface area contributed by atoms with E-state index in [0.29, 0.717) is 10.9 Å². The Balaban J connectivity index is 2.18. The zero-order chi connectivity index (χ0) is 15.0. The molecule has 3 heteroatoms. The summed E-state index contributed by atoms with van der Waals surface area (Å²) in [6, 6.07) is 15.0. The molecule has 0 fully saturated rings. The van der Waals surface area contributed by atoms with Crippen LogP contribution in [-0.4, -0.2) is 11.9 Å². The van der Waals surface area contributed by atoms with Crippen molar-refractivity contribution >= 4 is 27.5 Å². The number of carbonyl (C=O) groups is 1. The van der Waals surface area contributed by atoms with E-state index in [1.807, 2.05) is 50.2 Å². The summed E-state index contributed by atoms with van der Waals surface area (Å²) in [5.74, 6) is -0.329. The Kier molecular flexibility index (Phi) is 3.26. The number of hydrogen-bond acceptors (Lipinski definition) is 1. The summed E-state index contributed by atoms with van der Waals surface area (Å²) in [6.45, 7) is 3.79. The van der Waals surface area contributed by atoms with E-state index in [2.05, 4.69) is 5.32 Å². The molecule has 3 rings (SSSR count). The number of amides is 1. The molecule has 0 saturated heterocycles. The Hall–Kier alpha value is -2.55. The molecule has 0 aliphatic carbocycles. The lowest BCUT2D eigenvalue weighted by atomic mass is 10.0. The molecule has 1 amide bonds. The van der Waals surface area contributed by atoms with Gasteiger partial charge < -0.3 is 5.32 Å². The highest BCUT2D eigenvalue weighted by Gasteiger charge is 2.12. The van der Waals surface area contributed by atoms with Gasteiger partial charge in [0.05, 0.1) is 0 Å². The van der Waals surface area contributed by atoms with Gasteiger partial charge in [-0.3, -0.25) is 9.90 Å². The first kappa shape index (κ1) is 13.4. The van der Waals surface area contributed by atoms with Crippen LogP contribution in [0.25, 0.3) is 21.5 Å². The molecular weight excluding hydrogens is 262 g/mol. The maximum atomic E-state index is 12.3. The van der Waals surface area contributed by atoms with Crippen LogP contribution in [0.3, 0.4) is 0 Å². The maximum Gasteiger partial charge on any atom is 0.251 e. The van der Waals surface area contributed by atoms with Gasteiger partial charge in [-0.15, -0.1) is 0 Å². The van der Waals surface area contributed by atoms with Crippen molar-refractivity contribution in [2.24, 2.45) is 0 Å². The first-order valence-electron chi connectivity index (χ1n) is 6.99. The molecule has 0 heterocycles. The number of benzene rings is 3. The van der Waals surface area contributed by atoms with Gasteiger partial charge in [-0.25, -0.2) is 0 Å². The third-order valence-electron chi connectivity index (χ3n) is 3.46. The summed E-state index contributed by atoms with van der Waals surface area (Å²) in [6.07, 6.45) is 0. The van der Waals surface area contributed by atoms with Gasteiger partial charge in [0.25, 0.3) is 5.91 Å². The van der Waals surface area contributed by atoms with E-state index in [1.54, 1.807) is 6.07 Å². The van der Waals surface area contributed by atoms with E-state index in [4.69, 9.17) is 0 Å². The summed E-state index contributed by atoms with van der Waals surface area (Å²) < 4.78 is 0. The van der Waals surface area contributed by atoms with E-state index in [0.717, 1.165) is 16.2 Å². The first-order valence-corrected chi connectivity index (χ1v) is 6.99. The van der Waals surface area contributed by atoms with Crippen molar-refractivity contribution < 1.29 is 9.90 Å². The lowest BCUT2D eigenvalue weighted by Crippen LogP contribution is -2.29. The second-order valence-electron chi connectivity index (χ2n) is 5.52. The van der Waals surface area contributed by atoms with Crippen LogP contribution in [0.5, 0.6) is 5.75 Å². The molecule has 105 valence electrons. The number of carbonyl (C=O) groups excluding carboxylic acids is 1. The van der Waals surface area contributed by atoms with Gasteiger partial charge in [0.2, 0.25) is 0 Å². The van der Waals surface area contributed by atoms with Crippen molar-refractivity contribution in [1.29, 1.82) is 0 Å². The molecule has 0 bridgehead atoms. The van der Waals surface area contributed by atoms with Crippen molar-refractivity contribution in [2.75, 3.05) is 0 Å². The standard InChI is InChI=1S/C18H16NO2/c1-11(2)19-18(21)15-8-14-7-12-5-3-4-6-13(12)9-16(14)17(20)10-15/h3-11H,1-2H3,(H,19,21). The highest BCUT2D eigenvalue weighted by molar-refractivity contribution is 6.05. The van der Waals surface area contributed by atoms with E-state index < -0.39 is 0 Å². The average Bonchev–Trinajstić information content (AvgIpc) is 2.44. The number of nitrogens with one attached hydrogen (secondary N) is 1. The zero-order valence-electron chi connectivity index (χ0n) is 12.0. The Labute approximate surface area is 123 Å². The second-order valence-corrected chi connectivity index (χ2v) is 5.52. The minimum atomic E-state index is -0.211. The van der Waals surface area contributed by atoms with E-state index in [1.165, 1.54) is 6.07 Å². The quantitative estimate of drug-likeness (QED) is 0.699. The summed E-state index contributed by atoms with van der Waals surface area (Å²) >= 11 is 0. The van der Waals surface area contributed by atoms with Crippen LogP contribution in [0.15, 0.2) is 48.5 Å². The molecule has 0 atom stereocenters. The molecular formula is C18H16NO2. The number of rotatable bonds is 2. The Morgan fingerprint density at radius 2 is 1.62 bits per heavy atom. The van der Waals surface area contributed by atoms with Gasteiger partial charge in [0.1, 0.15) is 0 Å². The topological polar surface area (TPSA) is 49.0 Å². The van der Waals surface area contributed by atoms with Gasteiger partial charge in [0, 0.05) is 17.0 Å². The number of hydrogen-bond donors (Lipinski definition) is 1. The predicted molar refractivity (Wildman–Crippen MR) is 84.2 cm³/mol. The Morgan fingerprint density at radius 3 is 2.29 bits per heavy atom. The van der Waals surface area contributed by atoms with Gasteiger partial charge in [-0.2, -0.15) is 0 Å². The van der Waals surface area contributed by atoms with E-state index in [-0.39, 0.29) is 17.7 Å². The van der Waals surface area contributed by atoms with Gasteiger partial charge in [0.15, 0.2) is 5.75 Å². The van der Waals surface area contributed by atoms with Crippen molar-refractivity contribution in [3.63, 3.8) is 0 Å². The number of fused-ring (bicyclic) bond motifs is 2. The molecule has 3 aromatic rings. The van der Waals surface area contributed by atoms with E-state index in [9.17, 15) is 9.90 Å². The van der Waals surface area contributed by atoms with Crippen molar-refractivity contribution in [3.05, 3.63) is 54.1 Å². The molecule has 3 aromatic carbocycles. The molecule has 0 unspecified atom stereocenters.